The molecule has 0 aliphatic carbocycles. The van der Waals surface area contributed by atoms with Gasteiger partial charge in [-0.2, -0.15) is 0 Å². The van der Waals surface area contributed by atoms with E-state index in [1.807, 2.05) is 24.3 Å². The summed E-state index contributed by atoms with van der Waals surface area (Å²) in [6.07, 6.45) is 0. The molecule has 1 aromatic rings. The van der Waals surface area contributed by atoms with Crippen LogP contribution in [0.15, 0.2) is 24.3 Å². The van der Waals surface area contributed by atoms with Gasteiger partial charge in [-0.25, -0.2) is 0 Å². The predicted molar refractivity (Wildman–Crippen MR) is 74.2 cm³/mol. The number of likely N-dealkylation sites (N-methyl/N-ethyl adjacent to an activating group) is 1. The van der Waals surface area contributed by atoms with Crippen LogP contribution in [-0.4, -0.2) is 51.8 Å². The number of carbonyl (C=O) groups is 1. The fraction of sp³-hybridized carbons (Fsp3) is 0.500. The van der Waals surface area contributed by atoms with Gasteiger partial charge in [-0.05, 0) is 17.7 Å². The summed E-state index contributed by atoms with van der Waals surface area (Å²) in [7, 11) is 5.10. The molecule has 0 bridgehead atoms. The number of amides is 1. The Hall–Kier alpha value is -1.59. The van der Waals surface area contributed by atoms with Crippen LogP contribution in [0.3, 0.4) is 0 Å². The molecule has 0 radical (unpaired) electrons. The third-order valence-corrected chi connectivity index (χ3v) is 2.57. The summed E-state index contributed by atoms with van der Waals surface area (Å²) in [5.74, 6) is 0.657. The van der Waals surface area contributed by atoms with Crippen LogP contribution in [-0.2, 0) is 16.1 Å². The molecule has 0 saturated carbocycles. The van der Waals surface area contributed by atoms with E-state index >= 15 is 0 Å². The Balaban J connectivity index is 2.41. The zero-order valence-electron chi connectivity index (χ0n) is 11.8. The first-order valence-corrected chi connectivity index (χ1v) is 6.25. The number of rotatable bonds is 8. The molecule has 0 aliphatic heterocycles. The van der Waals surface area contributed by atoms with Crippen LogP contribution in [0.25, 0.3) is 0 Å². The minimum absolute atomic E-state index is 0.0522. The molecular formula is C14H22N2O3. The van der Waals surface area contributed by atoms with Gasteiger partial charge in [0, 0.05) is 34.3 Å². The summed E-state index contributed by atoms with van der Waals surface area (Å²) in [5.41, 5.74) is 1.12. The van der Waals surface area contributed by atoms with Gasteiger partial charge in [0.25, 0.3) is 5.91 Å². The first-order chi connectivity index (χ1) is 9.13. The summed E-state index contributed by atoms with van der Waals surface area (Å²) in [6.45, 7) is 2.31. The van der Waals surface area contributed by atoms with Crippen LogP contribution in [0.1, 0.15) is 5.56 Å². The van der Waals surface area contributed by atoms with Crippen molar-refractivity contribution >= 4 is 5.91 Å². The summed E-state index contributed by atoms with van der Waals surface area (Å²) in [5, 5.41) is 3.26. The number of nitrogens with zero attached hydrogens (tertiary/aromatic N) is 1. The maximum absolute atomic E-state index is 11.4. The van der Waals surface area contributed by atoms with Crippen molar-refractivity contribution in [3.63, 3.8) is 0 Å². The zero-order chi connectivity index (χ0) is 14.1. The van der Waals surface area contributed by atoms with E-state index < -0.39 is 0 Å². The second-order valence-corrected chi connectivity index (χ2v) is 4.39. The molecule has 0 heterocycles. The van der Waals surface area contributed by atoms with Crippen molar-refractivity contribution in [2.24, 2.45) is 0 Å². The monoisotopic (exact) mass is 266 g/mol. The van der Waals surface area contributed by atoms with Gasteiger partial charge in [-0.3, -0.25) is 4.79 Å². The highest BCUT2D eigenvalue weighted by molar-refractivity contribution is 5.77. The van der Waals surface area contributed by atoms with Crippen molar-refractivity contribution < 1.29 is 14.3 Å². The van der Waals surface area contributed by atoms with Crippen LogP contribution in [0.5, 0.6) is 5.75 Å². The molecule has 106 valence electrons. The van der Waals surface area contributed by atoms with Gasteiger partial charge in [0.1, 0.15) is 5.75 Å². The maximum Gasteiger partial charge on any atom is 0.259 e. The van der Waals surface area contributed by atoms with E-state index in [9.17, 15) is 4.79 Å². The second-order valence-electron chi connectivity index (χ2n) is 4.39. The molecule has 1 N–H and O–H groups in total. The molecule has 1 amide bonds. The van der Waals surface area contributed by atoms with Gasteiger partial charge in [0.05, 0.1) is 6.61 Å². The average Bonchev–Trinajstić information content (AvgIpc) is 2.41. The summed E-state index contributed by atoms with van der Waals surface area (Å²) in [6, 6.07) is 7.72. The quantitative estimate of drug-likeness (QED) is 0.710. The molecular weight excluding hydrogens is 244 g/mol. The van der Waals surface area contributed by atoms with Crippen molar-refractivity contribution in [1.29, 1.82) is 0 Å². The van der Waals surface area contributed by atoms with Gasteiger partial charge in [0.15, 0.2) is 6.61 Å². The van der Waals surface area contributed by atoms with Gasteiger partial charge in [-0.1, -0.05) is 12.1 Å². The molecule has 5 nitrogen and oxygen atoms in total. The van der Waals surface area contributed by atoms with Crippen LogP contribution in [0.2, 0.25) is 0 Å². The lowest BCUT2D eigenvalue weighted by Gasteiger charge is -2.12. The molecule has 19 heavy (non-hydrogen) atoms. The van der Waals surface area contributed by atoms with Crippen molar-refractivity contribution in [3.8, 4) is 5.75 Å². The first kappa shape index (κ1) is 15.5. The topological polar surface area (TPSA) is 50.8 Å². The molecule has 1 aromatic carbocycles. The lowest BCUT2D eigenvalue weighted by Crippen LogP contribution is -2.27. The first-order valence-electron chi connectivity index (χ1n) is 6.25. The SMILES string of the molecule is COCCNCc1cccc(OCC(=O)N(C)C)c1. The normalized spacial score (nSPS) is 10.3. The van der Waals surface area contributed by atoms with Crippen molar-refractivity contribution in [1.82, 2.24) is 10.2 Å². The number of ether oxygens (including phenoxy) is 2. The van der Waals surface area contributed by atoms with Gasteiger partial charge in [0.2, 0.25) is 0 Å². The summed E-state index contributed by atoms with van der Waals surface area (Å²) >= 11 is 0. The van der Waals surface area contributed by atoms with E-state index in [1.165, 1.54) is 4.90 Å². The Labute approximate surface area is 114 Å². The number of nitrogens with one attached hydrogen (secondary N) is 1. The smallest absolute Gasteiger partial charge is 0.259 e. The second kappa shape index (κ2) is 8.50. The number of carbonyl (C=O) groups excluding carboxylic acids is 1. The van der Waals surface area contributed by atoms with Crippen LogP contribution in [0, 0.1) is 0 Å². The maximum atomic E-state index is 11.4. The van der Waals surface area contributed by atoms with Crippen LogP contribution < -0.4 is 10.1 Å². The molecule has 0 aromatic heterocycles. The molecule has 1 rings (SSSR count). The number of methoxy groups -OCH3 is 1. The molecule has 0 unspecified atom stereocenters. The Morgan fingerprint density at radius 1 is 1.37 bits per heavy atom. The fourth-order valence-corrected chi connectivity index (χ4v) is 1.43. The van der Waals surface area contributed by atoms with Crippen molar-refractivity contribution in [2.45, 2.75) is 6.54 Å². The minimum Gasteiger partial charge on any atom is -0.484 e. The largest absolute Gasteiger partial charge is 0.484 e. The third-order valence-electron chi connectivity index (χ3n) is 2.57. The van der Waals surface area contributed by atoms with E-state index in [0.29, 0.717) is 12.4 Å². The fourth-order valence-electron chi connectivity index (χ4n) is 1.43. The molecule has 0 atom stereocenters. The van der Waals surface area contributed by atoms with E-state index in [4.69, 9.17) is 9.47 Å². The summed E-state index contributed by atoms with van der Waals surface area (Å²) < 4.78 is 10.4. The third kappa shape index (κ3) is 6.22. The van der Waals surface area contributed by atoms with Crippen LogP contribution >= 0.6 is 0 Å². The highest BCUT2D eigenvalue weighted by Gasteiger charge is 2.05. The van der Waals surface area contributed by atoms with Crippen molar-refractivity contribution in [2.75, 3.05) is 41.0 Å². The number of hydrogen-bond donors (Lipinski definition) is 1. The standard InChI is InChI=1S/C14H22N2O3/c1-16(2)14(17)11-19-13-6-4-5-12(9-13)10-15-7-8-18-3/h4-6,9,15H,7-8,10-11H2,1-3H3. The molecule has 5 heteroatoms. The molecule has 0 fully saturated rings. The lowest BCUT2D eigenvalue weighted by atomic mass is 10.2. The Morgan fingerprint density at radius 3 is 2.84 bits per heavy atom. The highest BCUT2D eigenvalue weighted by atomic mass is 16.5. The van der Waals surface area contributed by atoms with Crippen LogP contribution in [0.4, 0.5) is 0 Å². The average molecular weight is 266 g/mol. The van der Waals surface area contributed by atoms with Gasteiger partial charge >= 0.3 is 0 Å². The van der Waals surface area contributed by atoms with Gasteiger partial charge in [-0.15, -0.1) is 0 Å². The van der Waals surface area contributed by atoms with E-state index in [-0.39, 0.29) is 12.5 Å². The zero-order valence-corrected chi connectivity index (χ0v) is 11.8. The number of benzene rings is 1. The predicted octanol–water partition coefficient (Wildman–Crippen LogP) is 0.890. The highest BCUT2D eigenvalue weighted by Crippen LogP contribution is 2.13. The molecule has 0 saturated heterocycles. The van der Waals surface area contributed by atoms with E-state index in [1.54, 1.807) is 21.2 Å². The van der Waals surface area contributed by atoms with E-state index in [2.05, 4.69) is 5.32 Å². The minimum atomic E-state index is -0.0522. The Bertz CT molecular complexity index is 394. The summed E-state index contributed by atoms with van der Waals surface area (Å²) in [4.78, 5) is 12.9. The van der Waals surface area contributed by atoms with Gasteiger partial charge < -0.3 is 19.7 Å². The number of hydrogen-bond acceptors (Lipinski definition) is 4. The van der Waals surface area contributed by atoms with Crippen molar-refractivity contribution in [3.05, 3.63) is 29.8 Å². The lowest BCUT2D eigenvalue weighted by molar-refractivity contribution is -0.130. The Morgan fingerprint density at radius 2 is 2.16 bits per heavy atom. The molecule has 0 aliphatic rings. The van der Waals surface area contributed by atoms with E-state index in [0.717, 1.165) is 18.7 Å². The molecule has 0 spiro atoms. The Kier molecular flexibility index (Phi) is 6.92.